The average Bonchev–Trinajstić information content (AvgIpc) is 2.68. The Morgan fingerprint density at radius 1 is 1.04 bits per heavy atom. The summed E-state index contributed by atoms with van der Waals surface area (Å²) in [6.07, 6.45) is 1.31. The Morgan fingerprint density at radius 2 is 1.70 bits per heavy atom. The first-order chi connectivity index (χ1) is 13.0. The number of carbonyl (C=O) groups is 3. The molecule has 0 saturated carbocycles. The van der Waals surface area contributed by atoms with Crippen LogP contribution >= 0.6 is 0 Å². The van der Waals surface area contributed by atoms with E-state index in [1.807, 2.05) is 6.07 Å². The largest absolute Gasteiger partial charge is 0.497 e. The van der Waals surface area contributed by atoms with Crippen molar-refractivity contribution in [3.63, 3.8) is 0 Å². The number of hydrogen-bond donors (Lipinski definition) is 3. The summed E-state index contributed by atoms with van der Waals surface area (Å²) in [4.78, 5) is 35.5. The van der Waals surface area contributed by atoms with E-state index in [1.165, 1.54) is 13.2 Å². The molecule has 0 unspecified atom stereocenters. The van der Waals surface area contributed by atoms with Crippen LogP contribution in [0.5, 0.6) is 5.75 Å². The van der Waals surface area contributed by atoms with Crippen LogP contribution in [0.1, 0.15) is 22.3 Å². The molecule has 7 nitrogen and oxygen atoms in total. The molecule has 140 valence electrons. The van der Waals surface area contributed by atoms with Crippen LogP contribution in [0.3, 0.4) is 0 Å². The standard InChI is InChI=1S/C20H20N2O5/c1-27-16-9-7-15(8-10-16)19(25)22-17(13-14-5-3-2-4-6-14)20(26)21-12-11-18(23)24/h2-10,13H,11-12H2,1H3,(H,21,26)(H,22,25)(H,23,24). The number of nitrogens with one attached hydrogen (secondary N) is 2. The molecular weight excluding hydrogens is 348 g/mol. The fourth-order valence-electron chi connectivity index (χ4n) is 2.19. The highest BCUT2D eigenvalue weighted by Gasteiger charge is 2.15. The third-order valence-electron chi connectivity index (χ3n) is 3.58. The minimum atomic E-state index is -1.02. The molecule has 0 saturated heterocycles. The molecule has 0 aliphatic heterocycles. The third-order valence-corrected chi connectivity index (χ3v) is 3.58. The van der Waals surface area contributed by atoms with E-state index in [-0.39, 0.29) is 18.7 Å². The molecule has 0 bridgehead atoms. The van der Waals surface area contributed by atoms with Crippen molar-refractivity contribution in [2.24, 2.45) is 0 Å². The van der Waals surface area contributed by atoms with Gasteiger partial charge in [0.15, 0.2) is 0 Å². The number of methoxy groups -OCH3 is 1. The lowest BCUT2D eigenvalue weighted by Crippen LogP contribution is -2.35. The number of carboxylic acid groups (broad SMARTS) is 1. The summed E-state index contributed by atoms with van der Waals surface area (Å²) in [6, 6.07) is 15.4. The van der Waals surface area contributed by atoms with E-state index < -0.39 is 17.8 Å². The number of hydrogen-bond acceptors (Lipinski definition) is 4. The van der Waals surface area contributed by atoms with Crippen LogP contribution in [0, 0.1) is 0 Å². The van der Waals surface area contributed by atoms with Crippen molar-refractivity contribution in [1.29, 1.82) is 0 Å². The summed E-state index contributed by atoms with van der Waals surface area (Å²) in [5.74, 6) is -1.45. The van der Waals surface area contributed by atoms with Crippen molar-refractivity contribution in [3.8, 4) is 5.75 Å². The molecule has 7 heteroatoms. The van der Waals surface area contributed by atoms with E-state index >= 15 is 0 Å². The summed E-state index contributed by atoms with van der Waals surface area (Å²) >= 11 is 0. The zero-order valence-corrected chi connectivity index (χ0v) is 14.8. The fourth-order valence-corrected chi connectivity index (χ4v) is 2.19. The molecule has 2 amide bonds. The van der Waals surface area contributed by atoms with Crippen LogP contribution < -0.4 is 15.4 Å². The van der Waals surface area contributed by atoms with Gasteiger partial charge in [-0.1, -0.05) is 30.3 Å². The minimum Gasteiger partial charge on any atom is -0.497 e. The van der Waals surface area contributed by atoms with E-state index in [2.05, 4.69) is 10.6 Å². The Balaban J connectivity index is 2.17. The predicted molar refractivity (Wildman–Crippen MR) is 100 cm³/mol. The second-order valence-corrected chi connectivity index (χ2v) is 5.55. The van der Waals surface area contributed by atoms with E-state index in [0.29, 0.717) is 11.3 Å². The van der Waals surface area contributed by atoms with E-state index in [0.717, 1.165) is 5.56 Å². The SMILES string of the molecule is COc1ccc(C(=O)NC(=Cc2ccccc2)C(=O)NCCC(=O)O)cc1. The molecule has 3 N–H and O–H groups in total. The number of ether oxygens (including phenoxy) is 1. The van der Waals surface area contributed by atoms with Gasteiger partial charge in [0.05, 0.1) is 13.5 Å². The van der Waals surface area contributed by atoms with Crippen molar-refractivity contribution in [2.75, 3.05) is 13.7 Å². The fraction of sp³-hybridized carbons (Fsp3) is 0.150. The second kappa shape index (κ2) is 9.76. The lowest BCUT2D eigenvalue weighted by molar-refractivity contribution is -0.136. The van der Waals surface area contributed by atoms with Crippen molar-refractivity contribution < 1.29 is 24.2 Å². The van der Waals surface area contributed by atoms with Crippen molar-refractivity contribution in [1.82, 2.24) is 10.6 Å². The molecule has 0 atom stereocenters. The van der Waals surface area contributed by atoms with Crippen LogP contribution in [-0.4, -0.2) is 36.5 Å². The summed E-state index contributed by atoms with van der Waals surface area (Å²) < 4.78 is 5.06. The summed E-state index contributed by atoms with van der Waals surface area (Å²) in [6.45, 7) is -0.0430. The first kappa shape index (κ1) is 19.7. The quantitative estimate of drug-likeness (QED) is 0.619. The van der Waals surface area contributed by atoms with Gasteiger partial charge in [-0.05, 0) is 35.9 Å². The van der Waals surface area contributed by atoms with E-state index in [9.17, 15) is 14.4 Å². The van der Waals surface area contributed by atoms with Gasteiger partial charge in [0.25, 0.3) is 11.8 Å². The van der Waals surface area contributed by atoms with E-state index in [4.69, 9.17) is 9.84 Å². The first-order valence-electron chi connectivity index (χ1n) is 8.21. The van der Waals surface area contributed by atoms with Crippen LogP contribution in [0.2, 0.25) is 0 Å². The third kappa shape index (κ3) is 6.32. The van der Waals surface area contributed by atoms with Crippen LogP contribution in [0.15, 0.2) is 60.3 Å². The zero-order valence-electron chi connectivity index (χ0n) is 14.8. The summed E-state index contributed by atoms with van der Waals surface area (Å²) in [5.41, 5.74) is 1.09. The molecule has 2 aromatic carbocycles. The topological polar surface area (TPSA) is 105 Å². The predicted octanol–water partition coefficient (Wildman–Crippen LogP) is 2.06. The van der Waals surface area contributed by atoms with Gasteiger partial charge in [-0.25, -0.2) is 0 Å². The van der Waals surface area contributed by atoms with Gasteiger partial charge < -0.3 is 20.5 Å². The smallest absolute Gasteiger partial charge is 0.305 e. The number of aliphatic carboxylic acids is 1. The van der Waals surface area contributed by atoms with Gasteiger partial charge in [-0.15, -0.1) is 0 Å². The molecule has 2 aromatic rings. The zero-order chi connectivity index (χ0) is 19.6. The Bertz CT molecular complexity index is 829. The van der Waals surface area contributed by atoms with Crippen molar-refractivity contribution in [2.45, 2.75) is 6.42 Å². The van der Waals surface area contributed by atoms with Gasteiger partial charge in [0.1, 0.15) is 11.4 Å². The lowest BCUT2D eigenvalue weighted by Gasteiger charge is -2.11. The van der Waals surface area contributed by atoms with Gasteiger partial charge in [0, 0.05) is 12.1 Å². The summed E-state index contributed by atoms with van der Waals surface area (Å²) in [7, 11) is 1.53. The average molecular weight is 368 g/mol. The Hall–Kier alpha value is -3.61. The van der Waals surface area contributed by atoms with Crippen LogP contribution in [0.4, 0.5) is 0 Å². The molecule has 27 heavy (non-hydrogen) atoms. The maximum absolute atomic E-state index is 12.5. The molecule has 0 aromatic heterocycles. The highest BCUT2D eigenvalue weighted by atomic mass is 16.5. The highest BCUT2D eigenvalue weighted by Crippen LogP contribution is 2.12. The summed E-state index contributed by atoms with van der Waals surface area (Å²) in [5, 5.41) is 13.8. The molecule has 0 spiro atoms. The number of carbonyl (C=O) groups excluding carboxylic acids is 2. The Kier molecular flexibility index (Phi) is 7.13. The van der Waals surface area contributed by atoms with Crippen molar-refractivity contribution in [3.05, 3.63) is 71.4 Å². The molecule has 0 heterocycles. The van der Waals surface area contributed by atoms with Crippen molar-refractivity contribution >= 4 is 23.9 Å². The number of carboxylic acids is 1. The number of rotatable bonds is 8. The molecule has 0 aliphatic carbocycles. The van der Waals surface area contributed by atoms with Crippen LogP contribution in [0.25, 0.3) is 6.08 Å². The number of amides is 2. The van der Waals surface area contributed by atoms with Gasteiger partial charge >= 0.3 is 5.97 Å². The molecule has 0 radical (unpaired) electrons. The monoisotopic (exact) mass is 368 g/mol. The lowest BCUT2D eigenvalue weighted by atomic mass is 10.1. The highest BCUT2D eigenvalue weighted by molar-refractivity contribution is 6.05. The normalized spacial score (nSPS) is 10.8. The maximum atomic E-state index is 12.5. The maximum Gasteiger partial charge on any atom is 0.305 e. The molecule has 2 rings (SSSR count). The van der Waals surface area contributed by atoms with Gasteiger partial charge in [-0.2, -0.15) is 0 Å². The van der Waals surface area contributed by atoms with E-state index in [1.54, 1.807) is 48.5 Å². The minimum absolute atomic E-state index is 0.0207. The Labute approximate surface area is 156 Å². The van der Waals surface area contributed by atoms with Gasteiger partial charge in [-0.3, -0.25) is 14.4 Å². The number of benzene rings is 2. The first-order valence-corrected chi connectivity index (χ1v) is 8.21. The van der Waals surface area contributed by atoms with Crippen LogP contribution in [-0.2, 0) is 9.59 Å². The molecular formula is C20H20N2O5. The molecule has 0 fully saturated rings. The second-order valence-electron chi connectivity index (χ2n) is 5.55. The van der Waals surface area contributed by atoms with Gasteiger partial charge in [0.2, 0.25) is 0 Å². The molecule has 0 aliphatic rings. The Morgan fingerprint density at radius 3 is 2.30 bits per heavy atom.